The summed E-state index contributed by atoms with van der Waals surface area (Å²) in [5.74, 6) is 0.759. The molecule has 0 aliphatic rings. The quantitative estimate of drug-likeness (QED) is 0.808. The molecule has 1 atom stereocenters. The van der Waals surface area contributed by atoms with Crippen LogP contribution in [0.4, 0.5) is 0 Å². The van der Waals surface area contributed by atoms with Gasteiger partial charge in [-0.3, -0.25) is 4.79 Å². The molecule has 0 saturated heterocycles. The molecule has 0 fully saturated rings. The summed E-state index contributed by atoms with van der Waals surface area (Å²) in [7, 11) is 3.45. The van der Waals surface area contributed by atoms with Gasteiger partial charge in [0.2, 0.25) is 0 Å². The molecule has 0 aliphatic carbocycles. The Hall–Kier alpha value is -2.33. The van der Waals surface area contributed by atoms with Gasteiger partial charge in [-0.15, -0.1) is 0 Å². The van der Waals surface area contributed by atoms with Gasteiger partial charge in [0, 0.05) is 12.6 Å². The van der Waals surface area contributed by atoms with Crippen LogP contribution < -0.4 is 4.74 Å². The fourth-order valence-corrected chi connectivity index (χ4v) is 2.81. The van der Waals surface area contributed by atoms with E-state index in [0.717, 1.165) is 23.3 Å². The van der Waals surface area contributed by atoms with Crippen molar-refractivity contribution in [2.45, 2.75) is 45.3 Å². The SMILES string of the molecule is COc1cccc([C@H](C)N(C)C(=O)c2cccc(CCC(C)(C)O)c2)c1. The second-order valence-electron chi connectivity index (χ2n) is 7.38. The molecular formula is C22H29NO3. The highest BCUT2D eigenvalue weighted by Gasteiger charge is 2.20. The third-order valence-electron chi connectivity index (χ3n) is 4.68. The molecule has 0 saturated carbocycles. The number of aliphatic hydroxyl groups is 1. The molecule has 0 aromatic heterocycles. The van der Waals surface area contributed by atoms with E-state index < -0.39 is 5.60 Å². The maximum absolute atomic E-state index is 12.9. The van der Waals surface area contributed by atoms with Crippen LogP contribution >= 0.6 is 0 Å². The number of ether oxygens (including phenoxy) is 1. The van der Waals surface area contributed by atoms with Gasteiger partial charge in [0.05, 0.1) is 18.8 Å². The molecule has 2 aromatic carbocycles. The van der Waals surface area contributed by atoms with Crippen LogP contribution in [0.3, 0.4) is 0 Å². The number of benzene rings is 2. The Morgan fingerprint density at radius 1 is 1.19 bits per heavy atom. The first-order chi connectivity index (χ1) is 12.2. The summed E-state index contributed by atoms with van der Waals surface area (Å²) in [6, 6.07) is 15.4. The Labute approximate surface area is 156 Å². The van der Waals surface area contributed by atoms with Gasteiger partial charge in [-0.25, -0.2) is 0 Å². The number of rotatable bonds is 7. The van der Waals surface area contributed by atoms with E-state index in [9.17, 15) is 9.90 Å². The van der Waals surface area contributed by atoms with Crippen LogP contribution in [0, 0.1) is 0 Å². The normalized spacial score (nSPS) is 12.5. The smallest absolute Gasteiger partial charge is 0.254 e. The van der Waals surface area contributed by atoms with Crippen molar-refractivity contribution >= 4 is 5.91 Å². The second kappa shape index (κ2) is 8.37. The van der Waals surface area contributed by atoms with Crippen LogP contribution in [0.2, 0.25) is 0 Å². The summed E-state index contributed by atoms with van der Waals surface area (Å²) in [6.45, 7) is 5.60. The van der Waals surface area contributed by atoms with Crippen molar-refractivity contribution in [2.75, 3.05) is 14.2 Å². The minimum absolute atomic E-state index is 0.0228. The third-order valence-corrected chi connectivity index (χ3v) is 4.68. The molecule has 2 rings (SSSR count). The van der Waals surface area contributed by atoms with E-state index in [4.69, 9.17) is 4.74 Å². The lowest BCUT2D eigenvalue weighted by Crippen LogP contribution is -2.29. The van der Waals surface area contributed by atoms with Crippen LogP contribution in [0.25, 0.3) is 0 Å². The molecule has 26 heavy (non-hydrogen) atoms. The van der Waals surface area contributed by atoms with E-state index in [-0.39, 0.29) is 11.9 Å². The van der Waals surface area contributed by atoms with Gasteiger partial charge in [0.1, 0.15) is 5.75 Å². The molecule has 0 unspecified atom stereocenters. The van der Waals surface area contributed by atoms with Gasteiger partial charge in [0.25, 0.3) is 5.91 Å². The summed E-state index contributed by atoms with van der Waals surface area (Å²) in [5.41, 5.74) is 2.03. The van der Waals surface area contributed by atoms with Crippen molar-refractivity contribution in [3.63, 3.8) is 0 Å². The standard InChI is InChI=1S/C22H29NO3/c1-16(18-9-7-11-20(15-18)26-5)23(4)21(24)19-10-6-8-17(14-19)12-13-22(2,3)25/h6-11,14-16,25H,12-13H2,1-5H3/t16-/m0/s1. The Kier molecular flexibility index (Phi) is 6.43. The van der Waals surface area contributed by atoms with E-state index in [2.05, 4.69) is 0 Å². The van der Waals surface area contributed by atoms with Crippen molar-refractivity contribution < 1.29 is 14.6 Å². The van der Waals surface area contributed by atoms with Crippen LogP contribution in [-0.2, 0) is 6.42 Å². The van der Waals surface area contributed by atoms with E-state index in [1.54, 1.807) is 25.9 Å². The summed E-state index contributed by atoms with van der Waals surface area (Å²) in [5, 5.41) is 9.90. The first-order valence-electron chi connectivity index (χ1n) is 8.93. The summed E-state index contributed by atoms with van der Waals surface area (Å²) >= 11 is 0. The topological polar surface area (TPSA) is 49.8 Å². The molecule has 0 bridgehead atoms. The van der Waals surface area contributed by atoms with Gasteiger partial charge < -0.3 is 14.7 Å². The number of hydrogen-bond acceptors (Lipinski definition) is 3. The van der Waals surface area contributed by atoms with Crippen LogP contribution in [-0.4, -0.2) is 35.7 Å². The Morgan fingerprint density at radius 3 is 2.54 bits per heavy atom. The fourth-order valence-electron chi connectivity index (χ4n) is 2.81. The number of amides is 1. The van der Waals surface area contributed by atoms with Crippen molar-refractivity contribution in [3.05, 3.63) is 65.2 Å². The highest BCUT2D eigenvalue weighted by molar-refractivity contribution is 5.94. The van der Waals surface area contributed by atoms with Crippen molar-refractivity contribution in [2.24, 2.45) is 0 Å². The van der Waals surface area contributed by atoms with Gasteiger partial charge in [-0.05, 0) is 69.0 Å². The molecular weight excluding hydrogens is 326 g/mol. The molecule has 2 aromatic rings. The van der Waals surface area contributed by atoms with Crippen LogP contribution in [0.5, 0.6) is 5.75 Å². The van der Waals surface area contributed by atoms with E-state index >= 15 is 0 Å². The molecule has 4 heteroatoms. The zero-order valence-corrected chi connectivity index (χ0v) is 16.3. The molecule has 0 radical (unpaired) electrons. The number of methoxy groups -OCH3 is 1. The Morgan fingerprint density at radius 2 is 1.88 bits per heavy atom. The first-order valence-corrected chi connectivity index (χ1v) is 8.93. The fraction of sp³-hybridized carbons (Fsp3) is 0.409. The van der Waals surface area contributed by atoms with Crippen LogP contribution in [0.1, 0.15) is 54.7 Å². The zero-order chi connectivity index (χ0) is 19.3. The Bertz CT molecular complexity index is 749. The van der Waals surface area contributed by atoms with E-state index in [1.807, 2.05) is 62.5 Å². The number of nitrogens with zero attached hydrogens (tertiary/aromatic N) is 1. The second-order valence-corrected chi connectivity index (χ2v) is 7.38. The molecule has 0 heterocycles. The molecule has 4 nitrogen and oxygen atoms in total. The summed E-state index contributed by atoms with van der Waals surface area (Å²) < 4.78 is 5.28. The van der Waals surface area contributed by atoms with Crippen molar-refractivity contribution in [1.29, 1.82) is 0 Å². The highest BCUT2D eigenvalue weighted by atomic mass is 16.5. The maximum Gasteiger partial charge on any atom is 0.254 e. The van der Waals surface area contributed by atoms with Gasteiger partial charge in [-0.2, -0.15) is 0 Å². The maximum atomic E-state index is 12.9. The zero-order valence-electron chi connectivity index (χ0n) is 16.3. The summed E-state index contributed by atoms with van der Waals surface area (Å²) in [4.78, 5) is 14.7. The average molecular weight is 355 g/mol. The minimum atomic E-state index is -0.711. The lowest BCUT2D eigenvalue weighted by Gasteiger charge is -2.26. The van der Waals surface area contributed by atoms with E-state index in [1.165, 1.54) is 0 Å². The molecule has 1 N–H and O–H groups in total. The van der Waals surface area contributed by atoms with Crippen LogP contribution in [0.15, 0.2) is 48.5 Å². The first kappa shape index (κ1) is 20.0. The van der Waals surface area contributed by atoms with Gasteiger partial charge in [-0.1, -0.05) is 24.3 Å². The number of hydrogen-bond donors (Lipinski definition) is 1. The molecule has 0 aliphatic heterocycles. The number of aryl methyl sites for hydroxylation is 1. The highest BCUT2D eigenvalue weighted by Crippen LogP contribution is 2.24. The lowest BCUT2D eigenvalue weighted by molar-refractivity contribution is 0.0714. The molecule has 0 spiro atoms. The average Bonchev–Trinajstić information content (AvgIpc) is 2.64. The van der Waals surface area contributed by atoms with Crippen molar-refractivity contribution in [3.8, 4) is 5.75 Å². The summed E-state index contributed by atoms with van der Waals surface area (Å²) in [6.07, 6.45) is 1.39. The lowest BCUT2D eigenvalue weighted by atomic mass is 9.97. The number of carbonyl (C=O) groups is 1. The van der Waals surface area contributed by atoms with Gasteiger partial charge in [0.15, 0.2) is 0 Å². The third kappa shape index (κ3) is 5.33. The largest absolute Gasteiger partial charge is 0.497 e. The van der Waals surface area contributed by atoms with E-state index in [0.29, 0.717) is 12.0 Å². The van der Waals surface area contributed by atoms with Crippen molar-refractivity contribution in [1.82, 2.24) is 4.90 Å². The molecule has 140 valence electrons. The van der Waals surface area contributed by atoms with Gasteiger partial charge >= 0.3 is 0 Å². The molecule has 1 amide bonds. The minimum Gasteiger partial charge on any atom is -0.497 e. The predicted molar refractivity (Wildman–Crippen MR) is 105 cm³/mol. The predicted octanol–water partition coefficient (Wildman–Crippen LogP) is 4.23. The number of carbonyl (C=O) groups excluding carboxylic acids is 1. The monoisotopic (exact) mass is 355 g/mol. The Balaban J connectivity index is 2.14.